The number of amides is 2. The van der Waals surface area contributed by atoms with Crippen LogP contribution >= 0.6 is 11.8 Å². The maximum absolute atomic E-state index is 12.8. The molecule has 1 N–H and O–H groups in total. The number of hydrogen-bond donors (Lipinski definition) is 1. The van der Waals surface area contributed by atoms with Gasteiger partial charge in [-0.2, -0.15) is 0 Å². The Hall–Kier alpha value is -2.47. The lowest BCUT2D eigenvalue weighted by molar-refractivity contribution is -0.117. The first kappa shape index (κ1) is 24.2. The van der Waals surface area contributed by atoms with Gasteiger partial charge in [-0.05, 0) is 54.5 Å². The molecule has 1 saturated heterocycles. The third-order valence-corrected chi connectivity index (χ3v) is 6.46. The minimum atomic E-state index is -0.166. The first-order chi connectivity index (χ1) is 15.2. The minimum Gasteiger partial charge on any atom is -0.492 e. The molecule has 0 saturated carbocycles. The van der Waals surface area contributed by atoms with Crippen LogP contribution in [0.15, 0.2) is 48.5 Å². The second kappa shape index (κ2) is 10.4. The highest BCUT2D eigenvalue weighted by molar-refractivity contribution is 8.00. The second-order valence-electron chi connectivity index (χ2n) is 9.58. The molecule has 0 radical (unpaired) electrons. The van der Waals surface area contributed by atoms with E-state index in [1.165, 1.54) is 0 Å². The van der Waals surface area contributed by atoms with Crippen molar-refractivity contribution in [3.8, 4) is 5.75 Å². The molecule has 1 fully saturated rings. The molecule has 1 aliphatic rings. The van der Waals surface area contributed by atoms with Crippen LogP contribution in [0.25, 0.3) is 0 Å². The molecular formula is C26H34N2O3S. The first-order valence-electron chi connectivity index (χ1n) is 11.2. The molecule has 2 amide bonds. The number of nitrogens with zero attached hydrogens (tertiary/aromatic N) is 1. The summed E-state index contributed by atoms with van der Waals surface area (Å²) in [6, 6.07) is 15.4. The number of carbonyl (C=O) groups is 2. The molecule has 1 heterocycles. The summed E-state index contributed by atoms with van der Waals surface area (Å²) in [5, 5.41) is 2.88. The van der Waals surface area contributed by atoms with Crippen LogP contribution in [0.2, 0.25) is 0 Å². The van der Waals surface area contributed by atoms with E-state index in [0.717, 1.165) is 23.4 Å². The van der Waals surface area contributed by atoms with Crippen LogP contribution in [0.3, 0.4) is 0 Å². The molecule has 0 spiro atoms. The zero-order valence-electron chi connectivity index (χ0n) is 19.7. The maximum atomic E-state index is 12.8. The molecule has 2 aromatic carbocycles. The highest BCUT2D eigenvalue weighted by atomic mass is 32.2. The lowest BCUT2D eigenvalue weighted by atomic mass is 9.84. The van der Waals surface area contributed by atoms with E-state index in [9.17, 15) is 9.59 Å². The lowest BCUT2D eigenvalue weighted by Gasteiger charge is -2.26. The maximum Gasteiger partial charge on any atom is 0.238 e. The smallest absolute Gasteiger partial charge is 0.238 e. The van der Waals surface area contributed by atoms with E-state index in [1.54, 1.807) is 11.8 Å². The average Bonchev–Trinajstić information content (AvgIpc) is 3.08. The van der Waals surface area contributed by atoms with E-state index >= 15 is 0 Å². The molecule has 0 aromatic heterocycles. The molecule has 0 aliphatic carbocycles. The van der Waals surface area contributed by atoms with Crippen LogP contribution in [0.1, 0.15) is 58.4 Å². The number of benzene rings is 2. The number of thioether (sulfide) groups is 1. The predicted molar refractivity (Wildman–Crippen MR) is 133 cm³/mol. The van der Waals surface area contributed by atoms with E-state index in [0.29, 0.717) is 30.4 Å². The second-order valence-corrected chi connectivity index (χ2v) is 10.6. The summed E-state index contributed by atoms with van der Waals surface area (Å²) in [6.07, 6.45) is 1.49. The molecule has 32 heavy (non-hydrogen) atoms. The zero-order chi connectivity index (χ0) is 23.3. The van der Waals surface area contributed by atoms with Crippen LogP contribution in [-0.4, -0.2) is 24.2 Å². The van der Waals surface area contributed by atoms with Gasteiger partial charge in [0.2, 0.25) is 11.8 Å². The van der Waals surface area contributed by atoms with Gasteiger partial charge in [-0.25, -0.2) is 0 Å². The number of rotatable bonds is 8. The van der Waals surface area contributed by atoms with Gasteiger partial charge >= 0.3 is 0 Å². The van der Waals surface area contributed by atoms with Gasteiger partial charge in [-0.15, -0.1) is 11.8 Å². The Balaban J connectivity index is 1.77. The number of carbonyl (C=O) groups excluding carboxylic acids is 2. The van der Waals surface area contributed by atoms with Crippen molar-refractivity contribution in [1.29, 1.82) is 0 Å². The molecule has 2 aromatic rings. The molecule has 6 heteroatoms. The third-order valence-electron chi connectivity index (χ3n) is 5.24. The van der Waals surface area contributed by atoms with Gasteiger partial charge in [0.1, 0.15) is 11.1 Å². The molecule has 0 bridgehead atoms. The Morgan fingerprint density at radius 2 is 1.97 bits per heavy atom. The summed E-state index contributed by atoms with van der Waals surface area (Å²) < 4.78 is 5.77. The summed E-state index contributed by atoms with van der Waals surface area (Å²) in [7, 11) is 0. The number of hydrogen-bond acceptors (Lipinski definition) is 4. The molecule has 3 rings (SSSR count). The van der Waals surface area contributed by atoms with Crippen molar-refractivity contribution in [2.75, 3.05) is 22.6 Å². The van der Waals surface area contributed by atoms with Crippen LogP contribution in [0.4, 0.5) is 11.4 Å². The highest BCUT2D eigenvalue weighted by Crippen LogP contribution is 2.45. The van der Waals surface area contributed by atoms with Crippen LogP contribution < -0.4 is 15.0 Å². The van der Waals surface area contributed by atoms with Gasteiger partial charge in [0.05, 0.1) is 18.0 Å². The number of anilines is 2. The van der Waals surface area contributed by atoms with E-state index in [1.807, 2.05) is 60.4 Å². The van der Waals surface area contributed by atoms with E-state index in [2.05, 4.69) is 33.0 Å². The van der Waals surface area contributed by atoms with Crippen molar-refractivity contribution in [3.05, 3.63) is 54.1 Å². The SMILES string of the molecule is CCOc1ccccc1N1C(=O)CSC1c1cccc(NC(=O)CC(C)CC(C)(C)C)c1. The Labute approximate surface area is 195 Å². The van der Waals surface area contributed by atoms with Crippen LogP contribution in [-0.2, 0) is 9.59 Å². The van der Waals surface area contributed by atoms with Gasteiger partial charge < -0.3 is 10.1 Å². The quantitative estimate of drug-likeness (QED) is 0.511. The standard InChI is InChI=1S/C26H34N2O3S/c1-6-31-22-13-8-7-12-21(22)28-24(30)17-32-25(28)19-10-9-11-20(15-19)27-23(29)14-18(2)16-26(3,4)5/h7-13,15,18,25H,6,14,16-17H2,1-5H3,(H,27,29). The van der Waals surface area contributed by atoms with Crippen LogP contribution in [0.5, 0.6) is 5.75 Å². The number of nitrogens with one attached hydrogen (secondary N) is 1. The normalized spacial score (nSPS) is 17.3. The number of ether oxygens (including phenoxy) is 1. The van der Waals surface area contributed by atoms with Crippen LogP contribution in [0, 0.1) is 11.3 Å². The number of para-hydroxylation sites is 2. The topological polar surface area (TPSA) is 58.6 Å². The fourth-order valence-electron chi connectivity index (χ4n) is 4.28. The molecule has 5 nitrogen and oxygen atoms in total. The summed E-state index contributed by atoms with van der Waals surface area (Å²) in [5.41, 5.74) is 2.72. The summed E-state index contributed by atoms with van der Waals surface area (Å²) >= 11 is 1.59. The van der Waals surface area contributed by atoms with E-state index in [-0.39, 0.29) is 22.6 Å². The molecule has 2 unspecified atom stereocenters. The fraction of sp³-hybridized carbons (Fsp3) is 0.462. The third kappa shape index (κ3) is 6.28. The van der Waals surface area contributed by atoms with Crippen molar-refractivity contribution < 1.29 is 14.3 Å². The Kier molecular flexibility index (Phi) is 7.88. The molecule has 1 aliphatic heterocycles. The zero-order valence-corrected chi connectivity index (χ0v) is 20.5. The van der Waals surface area contributed by atoms with Gasteiger partial charge in [-0.3, -0.25) is 14.5 Å². The largest absolute Gasteiger partial charge is 0.492 e. The summed E-state index contributed by atoms with van der Waals surface area (Å²) in [5.74, 6) is 1.50. The van der Waals surface area contributed by atoms with E-state index < -0.39 is 0 Å². The molecule has 2 atom stereocenters. The first-order valence-corrected chi connectivity index (χ1v) is 12.3. The van der Waals surface area contributed by atoms with Gasteiger partial charge in [0.25, 0.3) is 0 Å². The highest BCUT2D eigenvalue weighted by Gasteiger charge is 2.35. The Morgan fingerprint density at radius 1 is 1.22 bits per heavy atom. The monoisotopic (exact) mass is 454 g/mol. The van der Waals surface area contributed by atoms with E-state index in [4.69, 9.17) is 4.74 Å². The summed E-state index contributed by atoms with van der Waals surface area (Å²) in [4.78, 5) is 27.2. The Bertz CT molecular complexity index is 954. The van der Waals surface area contributed by atoms with Crippen molar-refractivity contribution in [2.45, 2.75) is 52.8 Å². The van der Waals surface area contributed by atoms with Gasteiger partial charge in [0.15, 0.2) is 0 Å². The summed E-state index contributed by atoms with van der Waals surface area (Å²) in [6.45, 7) is 11.2. The van der Waals surface area contributed by atoms with Crippen molar-refractivity contribution >= 4 is 35.0 Å². The molecular weight excluding hydrogens is 420 g/mol. The molecule has 172 valence electrons. The average molecular weight is 455 g/mol. The fourth-order valence-corrected chi connectivity index (χ4v) is 5.44. The van der Waals surface area contributed by atoms with Crippen molar-refractivity contribution in [1.82, 2.24) is 0 Å². The predicted octanol–water partition coefficient (Wildman–Crippen LogP) is 6.26. The lowest BCUT2D eigenvalue weighted by Crippen LogP contribution is -2.28. The van der Waals surface area contributed by atoms with Gasteiger partial charge in [0, 0.05) is 12.1 Å². The van der Waals surface area contributed by atoms with Crippen molar-refractivity contribution in [2.24, 2.45) is 11.3 Å². The Morgan fingerprint density at radius 3 is 2.69 bits per heavy atom. The minimum absolute atomic E-state index is 0.0209. The van der Waals surface area contributed by atoms with Crippen molar-refractivity contribution in [3.63, 3.8) is 0 Å². The van der Waals surface area contributed by atoms with Gasteiger partial charge in [-0.1, -0.05) is 52.0 Å².